The first kappa shape index (κ1) is 45.7. The van der Waals surface area contributed by atoms with E-state index in [0.717, 1.165) is 45.2 Å². The number of unbranched alkanes of at least 4 members (excludes halogenated alkanes) is 28. The highest BCUT2D eigenvalue weighted by Gasteiger charge is 1.97. The first-order valence-corrected chi connectivity index (χ1v) is 21.1. The predicted octanol–water partition coefficient (Wildman–Crippen LogP) is 12.0. The monoisotopic (exact) mass is 695 g/mol. The van der Waals surface area contributed by atoms with Gasteiger partial charge in [0.2, 0.25) is 0 Å². The largest absolute Gasteiger partial charge is 0.361 e. The Labute approximate surface area is 303 Å². The molecule has 0 saturated heterocycles. The summed E-state index contributed by atoms with van der Waals surface area (Å²) in [6.45, 7) is 6.41. The van der Waals surface area contributed by atoms with Crippen molar-refractivity contribution in [2.45, 2.75) is 213 Å². The maximum absolute atomic E-state index is 5.32. The molecule has 0 aromatic carbocycles. The van der Waals surface area contributed by atoms with E-state index in [4.69, 9.17) is 24.4 Å². The van der Waals surface area contributed by atoms with Crippen LogP contribution in [0.15, 0.2) is 10.2 Å². The lowest BCUT2D eigenvalue weighted by molar-refractivity contribution is 0.535. The molecule has 0 heterocycles. The minimum atomic E-state index is 0.608. The van der Waals surface area contributed by atoms with Crippen molar-refractivity contribution in [1.82, 2.24) is 21.5 Å². The average Bonchev–Trinajstić information content (AvgIpc) is 3.07. The second kappa shape index (κ2) is 40.9. The van der Waals surface area contributed by atoms with Crippen molar-refractivity contribution in [3.63, 3.8) is 0 Å². The summed E-state index contributed by atoms with van der Waals surface area (Å²) in [6.07, 6.45) is 45.1. The molecular weight excluding hydrogens is 617 g/mol. The van der Waals surface area contributed by atoms with Gasteiger partial charge in [-0.25, -0.2) is 0 Å². The molecule has 0 rings (SSSR count). The standard InChI is InChI=1S/C39H78N6S2/c1-3-5-7-9-11-13-15-17-19-21-23-25-27-30-34-40-38(46)44-42-36-32-29-33-37-43-45-39(47)41-35-31-28-26-24-22-20-18-16-14-12-10-8-6-4-2/h36-37H,3-35H2,1-2H3,(H2,40,44,46)(H2,41,45,47). The molecule has 0 saturated carbocycles. The van der Waals surface area contributed by atoms with Crippen molar-refractivity contribution in [3.05, 3.63) is 0 Å². The Kier molecular flexibility index (Phi) is 39.8. The SMILES string of the molecule is CCCCCCCCCCCCCCCCNC(=S)NN=CCCCC=NNC(=S)NCCCCCCCCCCCCCCCC. The van der Waals surface area contributed by atoms with Gasteiger partial charge in [0.1, 0.15) is 0 Å². The van der Waals surface area contributed by atoms with E-state index in [-0.39, 0.29) is 0 Å². The van der Waals surface area contributed by atoms with Gasteiger partial charge in [0, 0.05) is 25.5 Å². The number of nitrogens with zero attached hydrogens (tertiary/aromatic N) is 2. The quantitative estimate of drug-likeness (QED) is 0.0226. The van der Waals surface area contributed by atoms with Crippen molar-refractivity contribution in [1.29, 1.82) is 0 Å². The van der Waals surface area contributed by atoms with Gasteiger partial charge in [-0.2, -0.15) is 10.2 Å². The van der Waals surface area contributed by atoms with Gasteiger partial charge in [0.25, 0.3) is 0 Å². The van der Waals surface area contributed by atoms with Gasteiger partial charge in [0.15, 0.2) is 10.2 Å². The molecule has 4 N–H and O–H groups in total. The summed E-state index contributed by atoms with van der Waals surface area (Å²) in [5.74, 6) is 0. The molecule has 0 atom stereocenters. The van der Waals surface area contributed by atoms with Gasteiger partial charge in [0.05, 0.1) is 0 Å². The zero-order chi connectivity index (χ0) is 34.1. The van der Waals surface area contributed by atoms with Crippen LogP contribution < -0.4 is 21.5 Å². The number of nitrogens with one attached hydrogen (secondary N) is 4. The van der Waals surface area contributed by atoms with Crippen LogP contribution in [0, 0.1) is 0 Å². The second-order valence-corrected chi connectivity index (χ2v) is 14.3. The Bertz CT molecular complexity index is 658. The highest BCUT2D eigenvalue weighted by molar-refractivity contribution is 7.80. The fraction of sp³-hybridized carbons (Fsp3) is 0.897. The lowest BCUT2D eigenvalue weighted by Crippen LogP contribution is -2.32. The topological polar surface area (TPSA) is 72.8 Å². The molecule has 0 aliphatic rings. The van der Waals surface area contributed by atoms with Crippen molar-refractivity contribution in [2.24, 2.45) is 10.2 Å². The van der Waals surface area contributed by atoms with Crippen LogP contribution >= 0.6 is 24.4 Å². The molecule has 276 valence electrons. The van der Waals surface area contributed by atoms with Gasteiger partial charge >= 0.3 is 0 Å². The molecular formula is C39H78N6S2. The molecule has 47 heavy (non-hydrogen) atoms. The van der Waals surface area contributed by atoms with E-state index in [1.54, 1.807) is 0 Å². The number of hydrogen-bond acceptors (Lipinski definition) is 4. The van der Waals surface area contributed by atoms with Gasteiger partial charge < -0.3 is 10.6 Å². The van der Waals surface area contributed by atoms with Crippen molar-refractivity contribution in [2.75, 3.05) is 13.1 Å². The second-order valence-electron chi connectivity index (χ2n) is 13.5. The minimum Gasteiger partial charge on any atom is -0.361 e. The zero-order valence-electron chi connectivity index (χ0n) is 31.2. The number of hydrazone groups is 2. The van der Waals surface area contributed by atoms with Crippen LogP contribution in [0.5, 0.6) is 0 Å². The summed E-state index contributed by atoms with van der Waals surface area (Å²) in [5.41, 5.74) is 5.84. The van der Waals surface area contributed by atoms with Crippen molar-refractivity contribution < 1.29 is 0 Å². The summed E-state index contributed by atoms with van der Waals surface area (Å²) in [7, 11) is 0. The zero-order valence-corrected chi connectivity index (χ0v) is 32.8. The third-order valence-corrected chi connectivity index (χ3v) is 9.28. The summed E-state index contributed by atoms with van der Waals surface area (Å²) in [4.78, 5) is 0. The maximum Gasteiger partial charge on any atom is 0.186 e. The first-order chi connectivity index (χ1) is 23.2. The predicted molar refractivity (Wildman–Crippen MR) is 219 cm³/mol. The Morgan fingerprint density at radius 1 is 0.383 bits per heavy atom. The fourth-order valence-corrected chi connectivity index (χ4v) is 6.07. The number of thiocarbonyl (C=S) groups is 2. The molecule has 8 heteroatoms. The highest BCUT2D eigenvalue weighted by Crippen LogP contribution is 2.14. The molecule has 0 aliphatic heterocycles. The van der Waals surface area contributed by atoms with Crippen LogP contribution in [0.4, 0.5) is 0 Å². The first-order valence-electron chi connectivity index (χ1n) is 20.3. The van der Waals surface area contributed by atoms with Crippen LogP contribution in [0.2, 0.25) is 0 Å². The molecule has 0 bridgehead atoms. The van der Waals surface area contributed by atoms with E-state index in [9.17, 15) is 0 Å². The van der Waals surface area contributed by atoms with E-state index in [1.807, 2.05) is 12.4 Å². The highest BCUT2D eigenvalue weighted by atomic mass is 32.1. The van der Waals surface area contributed by atoms with Crippen LogP contribution in [-0.4, -0.2) is 35.7 Å². The van der Waals surface area contributed by atoms with Crippen LogP contribution in [-0.2, 0) is 0 Å². The molecule has 0 aromatic rings. The molecule has 0 unspecified atom stereocenters. The Morgan fingerprint density at radius 3 is 0.915 bits per heavy atom. The van der Waals surface area contributed by atoms with Gasteiger partial charge in [-0.05, 0) is 56.5 Å². The third kappa shape index (κ3) is 40.8. The molecule has 0 aliphatic carbocycles. The summed E-state index contributed by atoms with van der Waals surface area (Å²) < 4.78 is 0. The smallest absolute Gasteiger partial charge is 0.186 e. The van der Waals surface area contributed by atoms with Crippen LogP contribution in [0.3, 0.4) is 0 Å². The van der Waals surface area contributed by atoms with E-state index < -0.39 is 0 Å². The van der Waals surface area contributed by atoms with E-state index in [2.05, 4.69) is 45.5 Å². The fourth-order valence-electron chi connectivity index (χ4n) is 5.76. The van der Waals surface area contributed by atoms with Gasteiger partial charge in [-0.15, -0.1) is 0 Å². The van der Waals surface area contributed by atoms with Gasteiger partial charge in [-0.1, -0.05) is 181 Å². The van der Waals surface area contributed by atoms with Crippen molar-refractivity contribution in [3.8, 4) is 0 Å². The maximum atomic E-state index is 5.32. The Hall–Kier alpha value is -1.28. The van der Waals surface area contributed by atoms with Crippen LogP contribution in [0.1, 0.15) is 213 Å². The molecule has 0 spiro atoms. The third-order valence-electron chi connectivity index (χ3n) is 8.81. The lowest BCUT2D eigenvalue weighted by atomic mass is 10.0. The van der Waals surface area contributed by atoms with Crippen molar-refractivity contribution >= 4 is 47.1 Å². The van der Waals surface area contributed by atoms with E-state index in [1.165, 1.54) is 167 Å². The molecule has 6 nitrogen and oxygen atoms in total. The number of hydrogen-bond donors (Lipinski definition) is 4. The molecule has 0 aromatic heterocycles. The normalized spacial score (nSPS) is 11.4. The Balaban J connectivity index is 3.36. The molecule has 0 radical (unpaired) electrons. The average molecular weight is 695 g/mol. The summed E-state index contributed by atoms with van der Waals surface area (Å²) >= 11 is 10.6. The molecule has 0 fully saturated rings. The molecule has 0 amide bonds. The number of rotatable bonds is 36. The van der Waals surface area contributed by atoms with E-state index in [0.29, 0.717) is 10.2 Å². The van der Waals surface area contributed by atoms with Gasteiger partial charge in [-0.3, -0.25) is 10.9 Å². The summed E-state index contributed by atoms with van der Waals surface area (Å²) in [6, 6.07) is 0. The van der Waals surface area contributed by atoms with Crippen LogP contribution in [0.25, 0.3) is 0 Å². The lowest BCUT2D eigenvalue weighted by Gasteiger charge is -2.07. The minimum absolute atomic E-state index is 0.608. The Morgan fingerprint density at radius 2 is 0.638 bits per heavy atom. The van der Waals surface area contributed by atoms with E-state index >= 15 is 0 Å². The summed E-state index contributed by atoms with van der Waals surface area (Å²) in [5, 5.41) is 16.2.